The number of phenolic OH excluding ortho intramolecular Hbond substituents is 1. The molecule has 1 fully saturated rings. The number of aromatic nitrogens is 5. The number of nitrogens with zero attached hydrogens (tertiary/aromatic N) is 5. The Hall–Kier alpha value is -3.00. The number of hydrogen-bond acceptors (Lipinski definition) is 7. The molecule has 4 rings (SSSR count). The van der Waals surface area contributed by atoms with Gasteiger partial charge in [-0.2, -0.15) is 5.10 Å². The van der Waals surface area contributed by atoms with E-state index >= 15 is 0 Å². The van der Waals surface area contributed by atoms with Gasteiger partial charge >= 0.3 is 0 Å². The number of anilines is 1. The Morgan fingerprint density at radius 2 is 2.11 bits per heavy atom. The maximum atomic E-state index is 10.4. The number of nitrogens with one attached hydrogen (secondary N) is 2. The molecule has 8 heteroatoms. The molecule has 0 unspecified atom stereocenters. The fourth-order valence-electron chi connectivity index (χ4n) is 3.42. The number of hydrogen-bond donors (Lipinski definition) is 3. The Morgan fingerprint density at radius 1 is 1.22 bits per heavy atom. The monoisotopic (exact) mass is 365 g/mol. The summed E-state index contributed by atoms with van der Waals surface area (Å²) in [5.41, 5.74) is 2.94. The van der Waals surface area contributed by atoms with Crippen molar-refractivity contribution in [1.29, 1.82) is 0 Å². The summed E-state index contributed by atoms with van der Waals surface area (Å²) in [6.07, 6.45) is 6.22. The lowest BCUT2D eigenvalue weighted by Gasteiger charge is -2.18. The SMILES string of the molecule is CC(C)N[C@H]1CCN(c2ncc(-c3ccc(-c4cn[nH]c4)cc3O)nn2)C1. The van der Waals surface area contributed by atoms with Gasteiger partial charge in [-0.3, -0.25) is 5.10 Å². The number of benzene rings is 1. The highest BCUT2D eigenvalue weighted by Crippen LogP contribution is 2.32. The van der Waals surface area contributed by atoms with Crippen LogP contribution < -0.4 is 10.2 Å². The van der Waals surface area contributed by atoms with E-state index in [0.717, 1.165) is 30.6 Å². The van der Waals surface area contributed by atoms with Gasteiger partial charge in [0, 0.05) is 42.5 Å². The summed E-state index contributed by atoms with van der Waals surface area (Å²) in [6.45, 7) is 6.10. The smallest absolute Gasteiger partial charge is 0.245 e. The van der Waals surface area contributed by atoms with E-state index in [1.54, 1.807) is 24.7 Å². The molecular formula is C19H23N7O. The number of aromatic hydroxyl groups is 1. The van der Waals surface area contributed by atoms with Crippen LogP contribution in [0.4, 0.5) is 5.95 Å². The van der Waals surface area contributed by atoms with Crippen LogP contribution in [0.1, 0.15) is 20.3 Å². The molecule has 3 N–H and O–H groups in total. The first-order chi connectivity index (χ1) is 13.1. The summed E-state index contributed by atoms with van der Waals surface area (Å²) in [5, 5.41) is 29.2. The van der Waals surface area contributed by atoms with Gasteiger partial charge in [0.1, 0.15) is 11.4 Å². The average Bonchev–Trinajstić information content (AvgIpc) is 3.33. The maximum Gasteiger partial charge on any atom is 0.245 e. The van der Waals surface area contributed by atoms with E-state index in [9.17, 15) is 5.11 Å². The van der Waals surface area contributed by atoms with Crippen LogP contribution in [0.3, 0.4) is 0 Å². The van der Waals surface area contributed by atoms with E-state index in [0.29, 0.717) is 29.3 Å². The zero-order chi connectivity index (χ0) is 18.8. The molecule has 1 saturated heterocycles. The van der Waals surface area contributed by atoms with Gasteiger partial charge in [0.2, 0.25) is 5.95 Å². The molecule has 8 nitrogen and oxygen atoms in total. The number of rotatable bonds is 5. The minimum Gasteiger partial charge on any atom is -0.507 e. The third-order valence-corrected chi connectivity index (χ3v) is 4.69. The summed E-state index contributed by atoms with van der Waals surface area (Å²) in [6, 6.07) is 6.34. The maximum absolute atomic E-state index is 10.4. The Morgan fingerprint density at radius 3 is 2.78 bits per heavy atom. The van der Waals surface area contributed by atoms with Crippen molar-refractivity contribution in [1.82, 2.24) is 30.7 Å². The summed E-state index contributed by atoms with van der Waals surface area (Å²) < 4.78 is 0. The lowest BCUT2D eigenvalue weighted by Crippen LogP contribution is -2.37. The quantitative estimate of drug-likeness (QED) is 0.637. The van der Waals surface area contributed by atoms with Crippen LogP contribution in [0.15, 0.2) is 36.8 Å². The number of phenols is 1. The largest absolute Gasteiger partial charge is 0.507 e. The highest BCUT2D eigenvalue weighted by Gasteiger charge is 2.25. The van der Waals surface area contributed by atoms with E-state index in [-0.39, 0.29) is 5.75 Å². The highest BCUT2D eigenvalue weighted by atomic mass is 16.3. The Labute approximate surface area is 157 Å². The zero-order valence-electron chi connectivity index (χ0n) is 15.4. The van der Waals surface area contributed by atoms with Crippen molar-refractivity contribution in [3.05, 3.63) is 36.8 Å². The van der Waals surface area contributed by atoms with Crippen LogP contribution in [0.5, 0.6) is 5.75 Å². The van der Waals surface area contributed by atoms with Crippen molar-refractivity contribution < 1.29 is 5.11 Å². The van der Waals surface area contributed by atoms with Gasteiger partial charge in [0.15, 0.2) is 0 Å². The van der Waals surface area contributed by atoms with Gasteiger partial charge in [-0.1, -0.05) is 19.9 Å². The van der Waals surface area contributed by atoms with Gasteiger partial charge in [-0.15, -0.1) is 10.2 Å². The molecule has 27 heavy (non-hydrogen) atoms. The van der Waals surface area contributed by atoms with E-state index in [4.69, 9.17) is 0 Å². The predicted octanol–water partition coefficient (Wildman–Crippen LogP) is 2.21. The molecule has 1 atom stereocenters. The fraction of sp³-hybridized carbons (Fsp3) is 0.368. The molecule has 0 radical (unpaired) electrons. The van der Waals surface area contributed by atoms with Gasteiger partial charge < -0.3 is 15.3 Å². The molecular weight excluding hydrogens is 342 g/mol. The number of H-pyrrole nitrogens is 1. The first-order valence-electron chi connectivity index (χ1n) is 9.13. The molecule has 3 aromatic rings. The molecule has 3 heterocycles. The van der Waals surface area contributed by atoms with Crippen molar-refractivity contribution in [3.8, 4) is 28.1 Å². The molecule has 140 valence electrons. The minimum absolute atomic E-state index is 0.139. The Kier molecular flexibility index (Phi) is 4.72. The van der Waals surface area contributed by atoms with Crippen molar-refractivity contribution in [2.75, 3.05) is 18.0 Å². The second-order valence-corrected chi connectivity index (χ2v) is 7.12. The van der Waals surface area contributed by atoms with E-state index in [2.05, 4.69) is 49.4 Å². The molecule has 0 aliphatic carbocycles. The van der Waals surface area contributed by atoms with Crippen molar-refractivity contribution in [2.24, 2.45) is 0 Å². The third kappa shape index (κ3) is 3.75. The second-order valence-electron chi connectivity index (χ2n) is 7.12. The van der Waals surface area contributed by atoms with Crippen LogP contribution in [0, 0.1) is 0 Å². The van der Waals surface area contributed by atoms with Crippen LogP contribution in [-0.4, -0.2) is 55.7 Å². The number of aromatic amines is 1. The second kappa shape index (κ2) is 7.32. The summed E-state index contributed by atoms with van der Waals surface area (Å²) in [4.78, 5) is 6.60. The molecule has 0 spiro atoms. The van der Waals surface area contributed by atoms with Gasteiger partial charge in [0.25, 0.3) is 0 Å². The highest BCUT2D eigenvalue weighted by molar-refractivity contribution is 5.73. The van der Waals surface area contributed by atoms with Crippen molar-refractivity contribution in [3.63, 3.8) is 0 Å². The van der Waals surface area contributed by atoms with Gasteiger partial charge in [-0.25, -0.2) is 4.98 Å². The summed E-state index contributed by atoms with van der Waals surface area (Å²) in [7, 11) is 0. The Bertz CT molecular complexity index is 893. The normalized spacial score (nSPS) is 17.0. The molecule has 1 aliphatic rings. The lowest BCUT2D eigenvalue weighted by molar-refractivity contribution is 0.477. The molecule has 1 aliphatic heterocycles. The van der Waals surface area contributed by atoms with Gasteiger partial charge in [0.05, 0.1) is 12.4 Å². The van der Waals surface area contributed by atoms with Crippen molar-refractivity contribution >= 4 is 5.95 Å². The summed E-state index contributed by atoms with van der Waals surface area (Å²) in [5.74, 6) is 0.765. The average molecular weight is 365 g/mol. The molecule has 1 aromatic carbocycles. The fourth-order valence-corrected chi connectivity index (χ4v) is 3.42. The topological polar surface area (TPSA) is 103 Å². The minimum atomic E-state index is 0.139. The molecule has 0 bridgehead atoms. The molecule has 0 amide bonds. The molecule has 2 aromatic heterocycles. The van der Waals surface area contributed by atoms with Crippen LogP contribution >= 0.6 is 0 Å². The molecule has 0 saturated carbocycles. The van der Waals surface area contributed by atoms with Crippen LogP contribution in [0.2, 0.25) is 0 Å². The van der Waals surface area contributed by atoms with E-state index in [1.807, 2.05) is 12.1 Å². The standard InChI is InChI=1S/C19H23N7O/c1-12(2)23-15-5-6-26(11-15)19-20-10-17(24-25-19)16-4-3-13(7-18(16)27)14-8-21-22-9-14/h3-4,7-10,12,15,23,27H,5-6,11H2,1-2H3,(H,21,22)/t15-/m0/s1. The van der Waals surface area contributed by atoms with Gasteiger partial charge in [-0.05, 0) is 24.1 Å². The first kappa shape index (κ1) is 17.4. The van der Waals surface area contributed by atoms with E-state index in [1.165, 1.54) is 0 Å². The first-order valence-corrected chi connectivity index (χ1v) is 9.13. The Balaban J connectivity index is 1.49. The lowest BCUT2D eigenvalue weighted by atomic mass is 10.0. The third-order valence-electron chi connectivity index (χ3n) is 4.69. The zero-order valence-corrected chi connectivity index (χ0v) is 15.4. The van der Waals surface area contributed by atoms with Crippen LogP contribution in [-0.2, 0) is 0 Å². The van der Waals surface area contributed by atoms with Crippen LogP contribution in [0.25, 0.3) is 22.4 Å². The van der Waals surface area contributed by atoms with Crippen molar-refractivity contribution in [2.45, 2.75) is 32.4 Å². The summed E-state index contributed by atoms with van der Waals surface area (Å²) >= 11 is 0. The van der Waals surface area contributed by atoms with E-state index < -0.39 is 0 Å². The predicted molar refractivity (Wildman–Crippen MR) is 103 cm³/mol.